The standard InChI is InChI=1S/C21H21N3O6S/c1-28-17-10-6-14(12-18(17)29-2)7-11-19(25)22-21-24-23-20(30-21)13-15-4-8-16(9-5-15)31(3,26)27/h4-12H,13H2,1-3H3,(H,22,24,25)/b11-7+. The first-order valence-corrected chi connectivity index (χ1v) is 11.0. The molecular formula is C21H21N3O6S. The molecular weight excluding hydrogens is 422 g/mol. The second kappa shape index (κ2) is 9.43. The summed E-state index contributed by atoms with van der Waals surface area (Å²) >= 11 is 0. The van der Waals surface area contributed by atoms with Gasteiger partial charge in [0.05, 0.1) is 25.5 Å². The second-order valence-electron chi connectivity index (χ2n) is 6.53. The molecule has 0 spiro atoms. The number of carbonyl (C=O) groups excluding carboxylic acids is 1. The highest BCUT2D eigenvalue weighted by atomic mass is 32.2. The molecule has 0 aliphatic rings. The zero-order valence-corrected chi connectivity index (χ0v) is 18.0. The summed E-state index contributed by atoms with van der Waals surface area (Å²) in [7, 11) is -0.175. The van der Waals surface area contributed by atoms with Gasteiger partial charge < -0.3 is 13.9 Å². The van der Waals surface area contributed by atoms with Crippen molar-refractivity contribution in [3.8, 4) is 11.5 Å². The molecule has 9 nitrogen and oxygen atoms in total. The molecule has 3 aromatic rings. The Morgan fingerprint density at radius 1 is 1.06 bits per heavy atom. The van der Waals surface area contributed by atoms with E-state index in [2.05, 4.69) is 15.5 Å². The van der Waals surface area contributed by atoms with Gasteiger partial charge in [0.15, 0.2) is 21.3 Å². The van der Waals surface area contributed by atoms with Crippen molar-refractivity contribution >= 4 is 27.8 Å². The van der Waals surface area contributed by atoms with Crippen LogP contribution in [0.3, 0.4) is 0 Å². The number of hydrogen-bond acceptors (Lipinski definition) is 8. The lowest BCUT2D eigenvalue weighted by Gasteiger charge is -2.07. The van der Waals surface area contributed by atoms with Crippen LogP contribution in [0.1, 0.15) is 17.0 Å². The largest absolute Gasteiger partial charge is 0.493 e. The molecule has 3 rings (SSSR count). The molecule has 0 bridgehead atoms. The molecule has 162 valence electrons. The molecule has 31 heavy (non-hydrogen) atoms. The fourth-order valence-corrected chi connectivity index (χ4v) is 3.31. The number of carbonyl (C=O) groups is 1. The van der Waals surface area contributed by atoms with Crippen LogP contribution < -0.4 is 14.8 Å². The number of nitrogens with one attached hydrogen (secondary N) is 1. The Labute approximate surface area is 179 Å². The molecule has 0 atom stereocenters. The van der Waals surface area contributed by atoms with Gasteiger partial charge in [0.2, 0.25) is 5.89 Å². The maximum absolute atomic E-state index is 12.1. The summed E-state index contributed by atoms with van der Waals surface area (Å²) in [5.74, 6) is 0.985. The number of aromatic nitrogens is 2. The second-order valence-corrected chi connectivity index (χ2v) is 8.55. The average molecular weight is 443 g/mol. The Kier molecular flexibility index (Phi) is 6.71. The Hall–Kier alpha value is -3.66. The number of sulfone groups is 1. The topological polar surface area (TPSA) is 121 Å². The summed E-state index contributed by atoms with van der Waals surface area (Å²) in [6.07, 6.45) is 4.38. The normalized spacial score (nSPS) is 11.5. The summed E-state index contributed by atoms with van der Waals surface area (Å²) in [4.78, 5) is 12.4. The van der Waals surface area contributed by atoms with Crippen LogP contribution in [0.4, 0.5) is 6.01 Å². The highest BCUT2D eigenvalue weighted by molar-refractivity contribution is 7.90. The number of nitrogens with zero attached hydrogens (tertiary/aromatic N) is 2. The lowest BCUT2D eigenvalue weighted by molar-refractivity contribution is -0.112. The quantitative estimate of drug-likeness (QED) is 0.528. The van der Waals surface area contributed by atoms with Crippen LogP contribution in [0.2, 0.25) is 0 Å². The van der Waals surface area contributed by atoms with E-state index in [-0.39, 0.29) is 16.8 Å². The number of benzene rings is 2. The van der Waals surface area contributed by atoms with Gasteiger partial charge in [0, 0.05) is 12.3 Å². The van der Waals surface area contributed by atoms with Crippen molar-refractivity contribution in [2.75, 3.05) is 25.8 Å². The van der Waals surface area contributed by atoms with Gasteiger partial charge in [-0.3, -0.25) is 10.1 Å². The van der Waals surface area contributed by atoms with E-state index in [0.29, 0.717) is 17.9 Å². The first-order chi connectivity index (χ1) is 14.8. The zero-order chi connectivity index (χ0) is 22.4. The Morgan fingerprint density at radius 3 is 2.42 bits per heavy atom. The zero-order valence-electron chi connectivity index (χ0n) is 17.2. The van der Waals surface area contributed by atoms with Gasteiger partial charge in [0.25, 0.3) is 5.91 Å². The Morgan fingerprint density at radius 2 is 1.77 bits per heavy atom. The van der Waals surface area contributed by atoms with Crippen molar-refractivity contribution in [1.82, 2.24) is 10.2 Å². The summed E-state index contributed by atoms with van der Waals surface area (Å²) in [5, 5.41) is 10.2. The number of rotatable bonds is 8. The predicted molar refractivity (Wildman–Crippen MR) is 114 cm³/mol. The fourth-order valence-electron chi connectivity index (χ4n) is 2.68. The minimum Gasteiger partial charge on any atom is -0.493 e. The SMILES string of the molecule is COc1ccc(/C=C/C(=O)Nc2nnc(Cc3ccc(S(C)(=O)=O)cc3)o2)cc1OC. The number of amides is 1. The Bertz CT molecular complexity index is 1200. The van der Waals surface area contributed by atoms with Crippen LogP contribution >= 0.6 is 0 Å². The maximum atomic E-state index is 12.1. The molecule has 0 fully saturated rings. The highest BCUT2D eigenvalue weighted by Crippen LogP contribution is 2.28. The molecule has 10 heteroatoms. The molecule has 2 aromatic carbocycles. The third kappa shape index (κ3) is 5.92. The lowest BCUT2D eigenvalue weighted by Crippen LogP contribution is -2.07. The summed E-state index contributed by atoms with van der Waals surface area (Å²) in [5.41, 5.74) is 1.54. The van der Waals surface area contributed by atoms with Gasteiger partial charge in [-0.25, -0.2) is 8.42 Å². The molecule has 0 radical (unpaired) electrons. The summed E-state index contributed by atoms with van der Waals surface area (Å²) in [6.45, 7) is 0. The molecule has 0 saturated carbocycles. The Balaban J connectivity index is 1.60. The van der Waals surface area contributed by atoms with Gasteiger partial charge >= 0.3 is 6.01 Å². The van der Waals surface area contributed by atoms with Crippen molar-refractivity contribution < 1.29 is 27.1 Å². The molecule has 0 aliphatic carbocycles. The van der Waals surface area contributed by atoms with E-state index in [9.17, 15) is 13.2 Å². The van der Waals surface area contributed by atoms with Gasteiger partial charge in [0.1, 0.15) is 0 Å². The third-order valence-corrected chi connectivity index (χ3v) is 5.37. The fraction of sp³-hybridized carbons (Fsp3) is 0.190. The van der Waals surface area contributed by atoms with Crippen LogP contribution in [0, 0.1) is 0 Å². The van der Waals surface area contributed by atoms with Gasteiger partial charge in [-0.15, -0.1) is 5.10 Å². The monoisotopic (exact) mass is 443 g/mol. The van der Waals surface area contributed by atoms with E-state index in [1.165, 1.54) is 25.3 Å². The highest BCUT2D eigenvalue weighted by Gasteiger charge is 2.11. The minimum absolute atomic E-state index is 0.0373. The van der Waals surface area contributed by atoms with Crippen LogP contribution in [-0.4, -0.2) is 45.0 Å². The van der Waals surface area contributed by atoms with Crippen molar-refractivity contribution in [3.05, 3.63) is 65.6 Å². The average Bonchev–Trinajstić information content (AvgIpc) is 3.18. The van der Waals surface area contributed by atoms with E-state index in [1.807, 2.05) is 0 Å². The number of anilines is 1. The van der Waals surface area contributed by atoms with Crippen LogP contribution in [0.15, 0.2) is 57.9 Å². The maximum Gasteiger partial charge on any atom is 0.322 e. The van der Waals surface area contributed by atoms with E-state index in [1.54, 1.807) is 43.5 Å². The van der Waals surface area contributed by atoms with Gasteiger partial charge in [-0.05, 0) is 41.5 Å². The third-order valence-electron chi connectivity index (χ3n) is 4.24. The molecule has 0 aliphatic heterocycles. The van der Waals surface area contributed by atoms with Crippen LogP contribution in [-0.2, 0) is 21.1 Å². The summed E-state index contributed by atoms with van der Waals surface area (Å²) < 4.78 is 38.9. The number of ether oxygens (including phenoxy) is 2. The molecule has 1 heterocycles. The van der Waals surface area contributed by atoms with E-state index in [0.717, 1.165) is 17.4 Å². The van der Waals surface area contributed by atoms with E-state index >= 15 is 0 Å². The van der Waals surface area contributed by atoms with Crippen LogP contribution in [0.25, 0.3) is 6.08 Å². The van der Waals surface area contributed by atoms with Crippen molar-refractivity contribution in [1.29, 1.82) is 0 Å². The van der Waals surface area contributed by atoms with Gasteiger partial charge in [-0.1, -0.05) is 23.3 Å². The van der Waals surface area contributed by atoms with Crippen molar-refractivity contribution in [2.24, 2.45) is 0 Å². The predicted octanol–water partition coefficient (Wildman–Crippen LogP) is 2.73. The van der Waals surface area contributed by atoms with Gasteiger partial charge in [-0.2, -0.15) is 0 Å². The number of hydrogen-bond donors (Lipinski definition) is 1. The number of methoxy groups -OCH3 is 2. The molecule has 0 saturated heterocycles. The molecule has 1 amide bonds. The molecule has 1 aromatic heterocycles. The van der Waals surface area contributed by atoms with Crippen LogP contribution in [0.5, 0.6) is 11.5 Å². The van der Waals surface area contributed by atoms with Crippen molar-refractivity contribution in [2.45, 2.75) is 11.3 Å². The first kappa shape index (κ1) is 22.0. The van der Waals surface area contributed by atoms with E-state index in [4.69, 9.17) is 13.9 Å². The molecule has 0 unspecified atom stereocenters. The molecule has 1 N–H and O–H groups in total. The lowest BCUT2D eigenvalue weighted by atomic mass is 10.1. The summed E-state index contributed by atoms with van der Waals surface area (Å²) in [6, 6.07) is 11.6. The minimum atomic E-state index is -3.25. The van der Waals surface area contributed by atoms with Crippen molar-refractivity contribution in [3.63, 3.8) is 0 Å². The smallest absolute Gasteiger partial charge is 0.322 e. The van der Waals surface area contributed by atoms with E-state index < -0.39 is 15.7 Å². The first-order valence-electron chi connectivity index (χ1n) is 9.11.